The summed E-state index contributed by atoms with van der Waals surface area (Å²) in [6.45, 7) is 1.72. The summed E-state index contributed by atoms with van der Waals surface area (Å²) in [4.78, 5) is 11.6. The summed E-state index contributed by atoms with van der Waals surface area (Å²) in [5, 5.41) is 13.1. The van der Waals surface area contributed by atoms with Gasteiger partial charge in [-0.1, -0.05) is 12.1 Å². The predicted molar refractivity (Wildman–Crippen MR) is 95.7 cm³/mol. The third-order valence-electron chi connectivity index (χ3n) is 4.51. The number of hydrogen-bond donors (Lipinski definition) is 2. The number of hydroxylamine groups is 1. The highest BCUT2D eigenvalue weighted by molar-refractivity contribution is 5.77. The minimum absolute atomic E-state index is 0.0465. The van der Waals surface area contributed by atoms with Crippen molar-refractivity contribution in [3.63, 3.8) is 0 Å². The molecule has 140 valence electrons. The van der Waals surface area contributed by atoms with E-state index in [4.69, 9.17) is 5.21 Å². The van der Waals surface area contributed by atoms with E-state index in [1.807, 2.05) is 6.07 Å². The van der Waals surface area contributed by atoms with Gasteiger partial charge in [0.1, 0.15) is 11.6 Å². The van der Waals surface area contributed by atoms with Gasteiger partial charge in [0.15, 0.2) is 0 Å². The van der Waals surface area contributed by atoms with E-state index in [1.54, 1.807) is 41.5 Å². The Bertz CT molecular complexity index is 952. The minimum Gasteiger partial charge on any atom is -0.289 e. The molecule has 0 aliphatic carbocycles. The summed E-state index contributed by atoms with van der Waals surface area (Å²) in [7, 11) is 0. The highest BCUT2D eigenvalue weighted by atomic mass is 19.1. The molecular formula is C20H19F2N3O2. The molecule has 2 aromatic carbocycles. The number of halogens is 2. The van der Waals surface area contributed by atoms with Gasteiger partial charge >= 0.3 is 0 Å². The Morgan fingerprint density at radius 1 is 1.11 bits per heavy atom. The highest BCUT2D eigenvalue weighted by Crippen LogP contribution is 2.20. The molecule has 0 atom stereocenters. The molecule has 0 radical (unpaired) electrons. The van der Waals surface area contributed by atoms with Crippen LogP contribution >= 0.6 is 0 Å². The lowest BCUT2D eigenvalue weighted by molar-refractivity contribution is -0.128. The number of carbonyl (C=O) groups is 1. The second-order valence-electron chi connectivity index (χ2n) is 6.24. The van der Waals surface area contributed by atoms with Gasteiger partial charge in [-0.2, -0.15) is 5.10 Å². The first-order chi connectivity index (χ1) is 13.0. The third-order valence-corrected chi connectivity index (χ3v) is 4.51. The molecule has 0 spiro atoms. The zero-order valence-electron chi connectivity index (χ0n) is 14.7. The van der Waals surface area contributed by atoms with Gasteiger partial charge in [0.25, 0.3) is 0 Å². The van der Waals surface area contributed by atoms with E-state index < -0.39 is 5.91 Å². The van der Waals surface area contributed by atoms with Crippen LogP contribution in [0.1, 0.15) is 22.4 Å². The number of aryl methyl sites for hydroxylation is 1. The zero-order valence-corrected chi connectivity index (χ0v) is 14.7. The Morgan fingerprint density at radius 3 is 2.56 bits per heavy atom. The number of benzene rings is 2. The first-order valence-corrected chi connectivity index (χ1v) is 8.48. The molecule has 27 heavy (non-hydrogen) atoms. The number of nitrogens with zero attached hydrogens (tertiary/aromatic N) is 2. The number of amides is 1. The lowest BCUT2D eigenvalue weighted by Crippen LogP contribution is -2.21. The first-order valence-electron chi connectivity index (χ1n) is 8.48. The van der Waals surface area contributed by atoms with E-state index in [0.29, 0.717) is 29.7 Å². The molecule has 0 unspecified atom stereocenters. The summed E-state index contributed by atoms with van der Waals surface area (Å²) < 4.78 is 28.7. The average molecular weight is 371 g/mol. The highest BCUT2D eigenvalue weighted by Gasteiger charge is 2.16. The molecule has 0 aliphatic rings. The molecule has 1 aromatic heterocycles. The van der Waals surface area contributed by atoms with E-state index in [0.717, 1.165) is 11.3 Å². The van der Waals surface area contributed by atoms with Crippen LogP contribution in [0.3, 0.4) is 0 Å². The predicted octanol–water partition coefficient (Wildman–Crippen LogP) is 3.29. The molecule has 7 heteroatoms. The van der Waals surface area contributed by atoms with Gasteiger partial charge in [-0.25, -0.2) is 18.9 Å². The summed E-state index contributed by atoms with van der Waals surface area (Å²) in [5.41, 5.74) is 5.09. The SMILES string of the molecule is Cc1c(F)cccc1CCc1c(CC(=O)NO)cnn1-c1ccc(F)cc1. The van der Waals surface area contributed by atoms with Crippen molar-refractivity contribution in [2.24, 2.45) is 0 Å². The van der Waals surface area contributed by atoms with E-state index in [9.17, 15) is 13.6 Å². The topological polar surface area (TPSA) is 67.2 Å². The summed E-state index contributed by atoms with van der Waals surface area (Å²) >= 11 is 0. The largest absolute Gasteiger partial charge is 0.289 e. The van der Waals surface area contributed by atoms with Gasteiger partial charge < -0.3 is 0 Å². The standard InChI is InChI=1S/C20H19F2N3O2/c1-13-14(3-2-4-18(13)22)5-10-19-15(11-20(26)24-27)12-23-25(19)17-8-6-16(21)7-9-17/h2-4,6-9,12,27H,5,10-11H2,1H3,(H,24,26). The molecule has 3 rings (SSSR count). The maximum absolute atomic E-state index is 13.8. The van der Waals surface area contributed by atoms with E-state index >= 15 is 0 Å². The van der Waals surface area contributed by atoms with E-state index in [1.165, 1.54) is 18.2 Å². The molecule has 0 aliphatic heterocycles. The Hall–Kier alpha value is -3.06. The smallest absolute Gasteiger partial charge is 0.247 e. The van der Waals surface area contributed by atoms with Crippen molar-refractivity contribution in [2.75, 3.05) is 0 Å². The van der Waals surface area contributed by atoms with Crippen LogP contribution in [0, 0.1) is 18.6 Å². The number of carbonyl (C=O) groups excluding carboxylic acids is 1. The summed E-state index contributed by atoms with van der Waals surface area (Å²) in [5.74, 6) is -1.18. The summed E-state index contributed by atoms with van der Waals surface area (Å²) in [6, 6.07) is 10.8. The summed E-state index contributed by atoms with van der Waals surface area (Å²) in [6.07, 6.45) is 2.54. The monoisotopic (exact) mass is 371 g/mol. The van der Waals surface area contributed by atoms with Gasteiger partial charge in [0.2, 0.25) is 5.91 Å². The molecule has 5 nitrogen and oxygen atoms in total. The first kappa shape index (κ1) is 18.7. The number of aromatic nitrogens is 2. The van der Waals surface area contributed by atoms with E-state index in [-0.39, 0.29) is 18.1 Å². The number of nitrogens with one attached hydrogen (secondary N) is 1. The van der Waals surface area contributed by atoms with Crippen molar-refractivity contribution >= 4 is 5.91 Å². The van der Waals surface area contributed by atoms with Crippen LogP contribution in [0.15, 0.2) is 48.7 Å². The van der Waals surface area contributed by atoms with Crippen LogP contribution < -0.4 is 5.48 Å². The molecule has 0 saturated heterocycles. The third kappa shape index (κ3) is 4.20. The molecule has 1 heterocycles. The van der Waals surface area contributed by atoms with E-state index in [2.05, 4.69) is 5.10 Å². The fraction of sp³-hybridized carbons (Fsp3) is 0.200. The van der Waals surface area contributed by atoms with Crippen molar-refractivity contribution in [3.8, 4) is 5.69 Å². The lowest BCUT2D eigenvalue weighted by atomic mass is 10.0. The normalized spacial score (nSPS) is 10.8. The van der Waals surface area contributed by atoms with Crippen LogP contribution in [0.4, 0.5) is 8.78 Å². The second-order valence-corrected chi connectivity index (χ2v) is 6.24. The maximum atomic E-state index is 13.8. The van der Waals surface area contributed by atoms with Gasteiger partial charge in [-0.15, -0.1) is 0 Å². The van der Waals surface area contributed by atoms with Crippen molar-refractivity contribution in [3.05, 3.63) is 82.7 Å². The number of rotatable bonds is 6. The Morgan fingerprint density at radius 2 is 1.85 bits per heavy atom. The number of hydrogen-bond acceptors (Lipinski definition) is 3. The second kappa shape index (κ2) is 8.09. The quantitative estimate of drug-likeness (QED) is 0.516. The van der Waals surface area contributed by atoms with Crippen molar-refractivity contribution in [1.82, 2.24) is 15.3 Å². The average Bonchev–Trinajstić information content (AvgIpc) is 3.06. The Kier molecular flexibility index (Phi) is 5.61. The fourth-order valence-electron chi connectivity index (χ4n) is 3.02. The van der Waals surface area contributed by atoms with Crippen molar-refractivity contribution in [2.45, 2.75) is 26.2 Å². The molecule has 0 saturated carbocycles. The van der Waals surface area contributed by atoms with Crippen LogP contribution in [0.5, 0.6) is 0 Å². The fourth-order valence-corrected chi connectivity index (χ4v) is 3.02. The molecule has 0 bridgehead atoms. The lowest BCUT2D eigenvalue weighted by Gasteiger charge is -2.11. The zero-order chi connectivity index (χ0) is 19.4. The van der Waals surface area contributed by atoms with Crippen molar-refractivity contribution in [1.29, 1.82) is 0 Å². The van der Waals surface area contributed by atoms with Crippen LogP contribution in [0.25, 0.3) is 5.69 Å². The van der Waals surface area contributed by atoms with Crippen LogP contribution in [-0.2, 0) is 24.1 Å². The van der Waals surface area contributed by atoms with Gasteiger partial charge in [-0.3, -0.25) is 10.0 Å². The van der Waals surface area contributed by atoms with Gasteiger partial charge in [0.05, 0.1) is 18.3 Å². The van der Waals surface area contributed by atoms with Crippen molar-refractivity contribution < 1.29 is 18.8 Å². The van der Waals surface area contributed by atoms with Gasteiger partial charge in [-0.05, 0) is 61.2 Å². The molecule has 2 N–H and O–H groups in total. The Labute approximate surface area is 155 Å². The molecule has 1 amide bonds. The van der Waals surface area contributed by atoms with Crippen LogP contribution in [-0.4, -0.2) is 20.9 Å². The molecule has 0 fully saturated rings. The molecular weight excluding hydrogens is 352 g/mol. The Balaban J connectivity index is 1.94. The maximum Gasteiger partial charge on any atom is 0.247 e. The minimum atomic E-state index is -0.558. The van der Waals surface area contributed by atoms with Crippen LogP contribution in [0.2, 0.25) is 0 Å². The molecule has 3 aromatic rings. The van der Waals surface area contributed by atoms with Gasteiger partial charge in [0, 0.05) is 11.3 Å².